The minimum atomic E-state index is -0.121. The molecule has 1 aromatic rings. The van der Waals surface area contributed by atoms with Gasteiger partial charge in [0.05, 0.1) is 0 Å². The first kappa shape index (κ1) is 13.2. The van der Waals surface area contributed by atoms with Crippen molar-refractivity contribution < 1.29 is 9.59 Å². The van der Waals surface area contributed by atoms with Crippen LogP contribution >= 0.6 is 0 Å². The van der Waals surface area contributed by atoms with Crippen LogP contribution in [-0.4, -0.2) is 24.9 Å². The van der Waals surface area contributed by atoms with Gasteiger partial charge in [0.15, 0.2) is 0 Å². The molecule has 2 amide bonds. The molecule has 0 unspecified atom stereocenters. The van der Waals surface area contributed by atoms with Crippen molar-refractivity contribution in [1.82, 2.24) is 10.6 Å². The minimum Gasteiger partial charge on any atom is -0.354 e. The van der Waals surface area contributed by atoms with Crippen molar-refractivity contribution in [1.29, 1.82) is 0 Å². The summed E-state index contributed by atoms with van der Waals surface area (Å²) >= 11 is 0. The van der Waals surface area contributed by atoms with Crippen LogP contribution in [-0.2, 0) is 4.79 Å². The highest BCUT2D eigenvalue weighted by atomic mass is 16.2. The van der Waals surface area contributed by atoms with E-state index in [-0.39, 0.29) is 17.7 Å². The van der Waals surface area contributed by atoms with Crippen LogP contribution in [0.25, 0.3) is 0 Å². The number of hydrogen-bond acceptors (Lipinski definition) is 2. The Balaban J connectivity index is 2.24. The zero-order chi connectivity index (χ0) is 12.7. The number of hydrogen-bond donors (Lipinski definition) is 2. The molecule has 0 spiro atoms. The molecule has 0 fully saturated rings. The molecule has 0 radical (unpaired) electrons. The Hall–Kier alpha value is -1.84. The molecule has 0 aromatic heterocycles. The predicted molar refractivity (Wildman–Crippen MR) is 66.6 cm³/mol. The van der Waals surface area contributed by atoms with E-state index in [1.54, 1.807) is 12.1 Å². The molecule has 0 atom stereocenters. The van der Waals surface area contributed by atoms with E-state index < -0.39 is 0 Å². The number of rotatable bonds is 5. The molecule has 1 rings (SSSR count). The van der Waals surface area contributed by atoms with Crippen LogP contribution in [0.4, 0.5) is 0 Å². The maximum atomic E-state index is 11.6. The van der Waals surface area contributed by atoms with Gasteiger partial charge in [-0.3, -0.25) is 9.59 Å². The standard InChI is InChI=1S/C13H18N2O2/c1-10(2)12(16)14-8-9-15-13(17)11-6-4-3-5-7-11/h3-7,10H,8-9H2,1-2H3,(H,14,16)(H,15,17). The summed E-state index contributed by atoms with van der Waals surface area (Å²) in [5, 5.41) is 5.47. The van der Waals surface area contributed by atoms with Gasteiger partial charge in [-0.15, -0.1) is 0 Å². The number of carbonyl (C=O) groups is 2. The van der Waals surface area contributed by atoms with Gasteiger partial charge in [-0.25, -0.2) is 0 Å². The average Bonchev–Trinajstić information content (AvgIpc) is 2.35. The van der Waals surface area contributed by atoms with Crippen molar-refractivity contribution >= 4 is 11.8 Å². The first-order valence-electron chi connectivity index (χ1n) is 5.72. The number of carbonyl (C=O) groups excluding carboxylic acids is 2. The highest BCUT2D eigenvalue weighted by Crippen LogP contribution is 1.97. The zero-order valence-electron chi connectivity index (χ0n) is 10.2. The normalized spacial score (nSPS) is 10.1. The van der Waals surface area contributed by atoms with Gasteiger partial charge in [0.2, 0.25) is 5.91 Å². The second-order valence-electron chi connectivity index (χ2n) is 4.07. The second-order valence-corrected chi connectivity index (χ2v) is 4.07. The summed E-state index contributed by atoms with van der Waals surface area (Å²) in [7, 11) is 0. The highest BCUT2D eigenvalue weighted by Gasteiger charge is 2.06. The summed E-state index contributed by atoms with van der Waals surface area (Å²) in [5.41, 5.74) is 0.627. The number of amides is 2. The van der Waals surface area contributed by atoms with E-state index in [9.17, 15) is 9.59 Å². The lowest BCUT2D eigenvalue weighted by Crippen LogP contribution is -2.36. The summed E-state index contributed by atoms with van der Waals surface area (Å²) in [6.07, 6.45) is 0. The van der Waals surface area contributed by atoms with Crippen LogP contribution in [0.15, 0.2) is 30.3 Å². The lowest BCUT2D eigenvalue weighted by molar-refractivity contribution is -0.123. The molecule has 2 N–H and O–H groups in total. The van der Waals surface area contributed by atoms with Crippen molar-refractivity contribution in [3.8, 4) is 0 Å². The summed E-state index contributed by atoms with van der Waals surface area (Å²) in [6.45, 7) is 4.55. The third-order valence-electron chi connectivity index (χ3n) is 2.27. The molecule has 0 aliphatic heterocycles. The molecule has 92 valence electrons. The van der Waals surface area contributed by atoms with Crippen LogP contribution in [0, 0.1) is 5.92 Å². The van der Waals surface area contributed by atoms with Crippen molar-refractivity contribution in [2.24, 2.45) is 5.92 Å². The lowest BCUT2D eigenvalue weighted by atomic mass is 10.2. The topological polar surface area (TPSA) is 58.2 Å². The van der Waals surface area contributed by atoms with Crippen LogP contribution in [0.3, 0.4) is 0 Å². The third kappa shape index (κ3) is 4.68. The van der Waals surface area contributed by atoms with Crippen molar-refractivity contribution in [2.75, 3.05) is 13.1 Å². The van der Waals surface area contributed by atoms with Gasteiger partial charge < -0.3 is 10.6 Å². The Bertz CT molecular complexity index is 374. The van der Waals surface area contributed by atoms with E-state index in [2.05, 4.69) is 10.6 Å². The molecule has 0 heterocycles. The molecule has 0 bridgehead atoms. The maximum Gasteiger partial charge on any atom is 0.251 e. The molecule has 0 saturated heterocycles. The van der Waals surface area contributed by atoms with Gasteiger partial charge in [-0.05, 0) is 12.1 Å². The van der Waals surface area contributed by atoms with Crippen molar-refractivity contribution in [2.45, 2.75) is 13.8 Å². The largest absolute Gasteiger partial charge is 0.354 e. The van der Waals surface area contributed by atoms with Crippen LogP contribution < -0.4 is 10.6 Å². The third-order valence-corrected chi connectivity index (χ3v) is 2.27. The monoisotopic (exact) mass is 234 g/mol. The smallest absolute Gasteiger partial charge is 0.251 e. The van der Waals surface area contributed by atoms with Gasteiger partial charge in [-0.1, -0.05) is 32.0 Å². The Morgan fingerprint density at radius 1 is 1.06 bits per heavy atom. The fraction of sp³-hybridized carbons (Fsp3) is 0.385. The number of nitrogens with one attached hydrogen (secondary N) is 2. The molecule has 4 heteroatoms. The lowest BCUT2D eigenvalue weighted by Gasteiger charge is -2.08. The van der Waals surface area contributed by atoms with Gasteiger partial charge in [0.1, 0.15) is 0 Å². The summed E-state index contributed by atoms with van der Waals surface area (Å²) in [4.78, 5) is 22.8. The molecular formula is C13H18N2O2. The van der Waals surface area contributed by atoms with E-state index in [0.717, 1.165) is 0 Å². The van der Waals surface area contributed by atoms with Gasteiger partial charge in [0, 0.05) is 24.6 Å². The van der Waals surface area contributed by atoms with Gasteiger partial charge in [-0.2, -0.15) is 0 Å². The Morgan fingerprint density at radius 3 is 2.24 bits per heavy atom. The van der Waals surface area contributed by atoms with Crippen molar-refractivity contribution in [3.63, 3.8) is 0 Å². The molecule has 17 heavy (non-hydrogen) atoms. The molecule has 0 saturated carbocycles. The van der Waals surface area contributed by atoms with E-state index in [1.165, 1.54) is 0 Å². The highest BCUT2D eigenvalue weighted by molar-refractivity contribution is 5.94. The fourth-order valence-corrected chi connectivity index (χ4v) is 1.26. The first-order chi connectivity index (χ1) is 8.11. The minimum absolute atomic E-state index is 0.000963. The van der Waals surface area contributed by atoms with Gasteiger partial charge >= 0.3 is 0 Å². The Labute approximate surface area is 101 Å². The second kappa shape index (κ2) is 6.68. The maximum absolute atomic E-state index is 11.6. The first-order valence-corrected chi connectivity index (χ1v) is 5.72. The summed E-state index contributed by atoms with van der Waals surface area (Å²) < 4.78 is 0. The van der Waals surface area contributed by atoms with Crippen LogP contribution in [0.1, 0.15) is 24.2 Å². The molecule has 0 aliphatic carbocycles. The van der Waals surface area contributed by atoms with E-state index in [0.29, 0.717) is 18.7 Å². The quantitative estimate of drug-likeness (QED) is 0.752. The Morgan fingerprint density at radius 2 is 1.65 bits per heavy atom. The summed E-state index contributed by atoms with van der Waals surface area (Å²) in [5.74, 6) is -0.150. The van der Waals surface area contributed by atoms with E-state index in [4.69, 9.17) is 0 Å². The number of benzene rings is 1. The van der Waals surface area contributed by atoms with Crippen LogP contribution in [0.5, 0.6) is 0 Å². The van der Waals surface area contributed by atoms with E-state index in [1.807, 2.05) is 32.0 Å². The molecular weight excluding hydrogens is 216 g/mol. The van der Waals surface area contributed by atoms with E-state index >= 15 is 0 Å². The van der Waals surface area contributed by atoms with Crippen LogP contribution in [0.2, 0.25) is 0 Å². The molecule has 4 nitrogen and oxygen atoms in total. The van der Waals surface area contributed by atoms with Gasteiger partial charge in [0.25, 0.3) is 5.91 Å². The predicted octanol–water partition coefficient (Wildman–Crippen LogP) is 1.19. The fourth-order valence-electron chi connectivity index (χ4n) is 1.26. The molecule has 1 aromatic carbocycles. The zero-order valence-corrected chi connectivity index (χ0v) is 10.2. The SMILES string of the molecule is CC(C)C(=O)NCCNC(=O)c1ccccc1. The molecule has 0 aliphatic rings. The van der Waals surface area contributed by atoms with Crippen molar-refractivity contribution in [3.05, 3.63) is 35.9 Å². The Kier molecular flexibility index (Phi) is 5.20. The average molecular weight is 234 g/mol. The summed E-state index contributed by atoms with van der Waals surface area (Å²) in [6, 6.07) is 8.99.